The summed E-state index contributed by atoms with van der Waals surface area (Å²) in [5.41, 5.74) is -0.361. The molecule has 0 aromatic heterocycles. The van der Waals surface area contributed by atoms with Crippen molar-refractivity contribution >= 4 is 0 Å². The maximum atomic E-state index is 9.32. The van der Waals surface area contributed by atoms with E-state index in [0.717, 1.165) is 24.7 Å². The summed E-state index contributed by atoms with van der Waals surface area (Å²) in [6.45, 7) is 14.6. The van der Waals surface area contributed by atoms with Gasteiger partial charge in [-0.2, -0.15) is 5.26 Å². The Morgan fingerprint density at radius 3 is 2.50 bits per heavy atom. The highest BCUT2D eigenvalue weighted by molar-refractivity contribution is 5.04. The van der Waals surface area contributed by atoms with Gasteiger partial charge in [-0.3, -0.25) is 5.32 Å². The monoisotopic (exact) mass is 279 g/mol. The molecule has 20 heavy (non-hydrogen) atoms. The summed E-state index contributed by atoms with van der Waals surface area (Å²) in [5.74, 6) is 1.71. The second-order valence-electron chi connectivity index (χ2n) is 7.29. The zero-order valence-electron chi connectivity index (χ0n) is 14.1. The van der Waals surface area contributed by atoms with Gasteiger partial charge in [0.05, 0.1) is 6.07 Å². The lowest BCUT2D eigenvalue weighted by Crippen LogP contribution is -2.44. The van der Waals surface area contributed by atoms with Gasteiger partial charge in [0.15, 0.2) is 0 Å². The van der Waals surface area contributed by atoms with Crippen molar-refractivity contribution in [1.29, 1.82) is 5.26 Å². The largest absolute Gasteiger partial charge is 0.303 e. The Hall–Kier alpha value is -0.590. The summed E-state index contributed by atoms with van der Waals surface area (Å²) in [5, 5.41) is 12.7. The van der Waals surface area contributed by atoms with Gasteiger partial charge in [-0.15, -0.1) is 0 Å². The van der Waals surface area contributed by atoms with Crippen molar-refractivity contribution in [3.8, 4) is 6.07 Å². The van der Waals surface area contributed by atoms with Crippen molar-refractivity contribution < 1.29 is 0 Å². The molecule has 3 nitrogen and oxygen atoms in total. The Labute approximate surface area is 125 Å². The van der Waals surface area contributed by atoms with Gasteiger partial charge in [-0.25, -0.2) is 0 Å². The molecule has 2 atom stereocenters. The fraction of sp³-hybridized carbons (Fsp3) is 0.941. The minimum absolute atomic E-state index is 0.361. The third kappa shape index (κ3) is 5.81. The fourth-order valence-corrected chi connectivity index (χ4v) is 3.22. The standard InChI is InChI=1S/C17H33N3/c1-14(2)16-8-11-20(12-16)10-7-6-9-17(5,13-18)19-15(3)4/h14-16,19H,6-12H2,1-5H3. The topological polar surface area (TPSA) is 39.1 Å². The summed E-state index contributed by atoms with van der Waals surface area (Å²) in [7, 11) is 0. The van der Waals surface area contributed by atoms with Crippen LogP contribution in [0.3, 0.4) is 0 Å². The molecule has 0 aliphatic carbocycles. The molecule has 0 radical (unpaired) electrons. The van der Waals surface area contributed by atoms with Gasteiger partial charge >= 0.3 is 0 Å². The van der Waals surface area contributed by atoms with E-state index < -0.39 is 0 Å². The Bertz CT molecular complexity index is 319. The van der Waals surface area contributed by atoms with Crippen molar-refractivity contribution in [1.82, 2.24) is 10.2 Å². The molecule has 0 saturated carbocycles. The van der Waals surface area contributed by atoms with E-state index in [1.54, 1.807) is 0 Å². The van der Waals surface area contributed by atoms with Crippen LogP contribution in [0.15, 0.2) is 0 Å². The SMILES string of the molecule is CC(C)NC(C)(C#N)CCCCN1CCC(C(C)C)C1. The van der Waals surface area contributed by atoms with Crippen LogP contribution in [0.1, 0.15) is 60.3 Å². The summed E-state index contributed by atoms with van der Waals surface area (Å²) in [6.07, 6.45) is 4.65. The van der Waals surface area contributed by atoms with Crippen LogP contribution >= 0.6 is 0 Å². The van der Waals surface area contributed by atoms with Crippen LogP contribution in [-0.4, -0.2) is 36.1 Å². The molecule has 1 N–H and O–H groups in total. The van der Waals surface area contributed by atoms with Gasteiger partial charge in [0.25, 0.3) is 0 Å². The highest BCUT2D eigenvalue weighted by atomic mass is 15.1. The lowest BCUT2D eigenvalue weighted by atomic mass is 9.95. The first kappa shape index (κ1) is 17.5. The van der Waals surface area contributed by atoms with Crippen LogP contribution < -0.4 is 5.32 Å². The normalized spacial score (nSPS) is 23.2. The van der Waals surface area contributed by atoms with E-state index in [2.05, 4.69) is 44.0 Å². The maximum absolute atomic E-state index is 9.32. The predicted octanol–water partition coefficient (Wildman–Crippen LogP) is 3.41. The molecule has 1 aliphatic rings. The van der Waals surface area contributed by atoms with Crippen LogP contribution in [0.5, 0.6) is 0 Å². The second kappa shape index (κ2) is 8.00. The van der Waals surface area contributed by atoms with Crippen LogP contribution in [0.2, 0.25) is 0 Å². The quantitative estimate of drug-likeness (QED) is 0.692. The first-order valence-corrected chi connectivity index (χ1v) is 8.27. The third-order valence-electron chi connectivity index (χ3n) is 4.51. The maximum Gasteiger partial charge on any atom is 0.104 e. The van der Waals surface area contributed by atoms with E-state index >= 15 is 0 Å². The Balaban J connectivity index is 2.20. The van der Waals surface area contributed by atoms with Crippen LogP contribution in [-0.2, 0) is 0 Å². The lowest BCUT2D eigenvalue weighted by Gasteiger charge is -2.26. The number of nitrogens with zero attached hydrogens (tertiary/aromatic N) is 2. The van der Waals surface area contributed by atoms with Crippen LogP contribution in [0, 0.1) is 23.2 Å². The first-order valence-electron chi connectivity index (χ1n) is 8.27. The van der Waals surface area contributed by atoms with Crippen molar-refractivity contribution in [3.63, 3.8) is 0 Å². The molecule has 1 saturated heterocycles. The Morgan fingerprint density at radius 2 is 2.00 bits per heavy atom. The second-order valence-corrected chi connectivity index (χ2v) is 7.29. The molecule has 1 aliphatic heterocycles. The average Bonchev–Trinajstić information content (AvgIpc) is 2.83. The third-order valence-corrected chi connectivity index (χ3v) is 4.51. The number of nitriles is 1. The molecule has 0 spiro atoms. The smallest absolute Gasteiger partial charge is 0.104 e. The average molecular weight is 279 g/mol. The van der Waals surface area contributed by atoms with E-state index in [0.29, 0.717) is 6.04 Å². The highest BCUT2D eigenvalue weighted by Gasteiger charge is 2.26. The van der Waals surface area contributed by atoms with Gasteiger partial charge in [0, 0.05) is 12.6 Å². The molecule has 0 amide bonds. The lowest BCUT2D eigenvalue weighted by molar-refractivity contribution is 0.288. The number of nitrogens with one attached hydrogen (secondary N) is 1. The Kier molecular flexibility index (Phi) is 6.99. The zero-order chi connectivity index (χ0) is 15.2. The van der Waals surface area contributed by atoms with Gasteiger partial charge in [0.1, 0.15) is 5.54 Å². The zero-order valence-corrected chi connectivity index (χ0v) is 14.1. The van der Waals surface area contributed by atoms with Crippen LogP contribution in [0.25, 0.3) is 0 Å². The van der Waals surface area contributed by atoms with Gasteiger partial charge in [-0.1, -0.05) is 13.8 Å². The first-order chi connectivity index (χ1) is 9.36. The van der Waals surface area contributed by atoms with Crippen molar-refractivity contribution in [2.75, 3.05) is 19.6 Å². The number of likely N-dealkylation sites (tertiary alicyclic amines) is 1. The molecule has 1 heterocycles. The van der Waals surface area contributed by atoms with Gasteiger partial charge < -0.3 is 4.90 Å². The van der Waals surface area contributed by atoms with Gasteiger partial charge in [0.2, 0.25) is 0 Å². The number of unbranched alkanes of at least 4 members (excludes halogenated alkanes) is 1. The number of hydrogen-bond donors (Lipinski definition) is 1. The number of rotatable bonds is 8. The minimum Gasteiger partial charge on any atom is -0.303 e. The molecule has 0 bridgehead atoms. The van der Waals surface area contributed by atoms with Crippen molar-refractivity contribution in [3.05, 3.63) is 0 Å². The van der Waals surface area contributed by atoms with E-state index in [1.165, 1.54) is 32.5 Å². The molecule has 116 valence electrons. The fourth-order valence-electron chi connectivity index (χ4n) is 3.22. The molecule has 2 unspecified atom stereocenters. The Morgan fingerprint density at radius 1 is 1.30 bits per heavy atom. The minimum atomic E-state index is -0.361. The van der Waals surface area contributed by atoms with E-state index in [-0.39, 0.29) is 5.54 Å². The van der Waals surface area contributed by atoms with Crippen LogP contribution in [0.4, 0.5) is 0 Å². The summed E-state index contributed by atoms with van der Waals surface area (Å²) >= 11 is 0. The highest BCUT2D eigenvalue weighted by Crippen LogP contribution is 2.24. The summed E-state index contributed by atoms with van der Waals surface area (Å²) < 4.78 is 0. The summed E-state index contributed by atoms with van der Waals surface area (Å²) in [6, 6.07) is 2.80. The van der Waals surface area contributed by atoms with Crippen molar-refractivity contribution in [2.24, 2.45) is 11.8 Å². The van der Waals surface area contributed by atoms with E-state index in [1.807, 2.05) is 6.92 Å². The number of hydrogen-bond acceptors (Lipinski definition) is 3. The molecule has 3 heteroatoms. The molecule has 1 fully saturated rings. The van der Waals surface area contributed by atoms with Crippen molar-refractivity contribution in [2.45, 2.75) is 71.9 Å². The van der Waals surface area contributed by atoms with Gasteiger partial charge in [-0.05, 0) is 71.4 Å². The molecule has 0 aromatic carbocycles. The summed E-state index contributed by atoms with van der Waals surface area (Å²) in [4.78, 5) is 2.60. The molecule has 1 rings (SSSR count). The van der Waals surface area contributed by atoms with E-state index in [4.69, 9.17) is 0 Å². The molecule has 0 aromatic rings. The molecular formula is C17H33N3. The predicted molar refractivity (Wildman–Crippen MR) is 85.5 cm³/mol. The molecular weight excluding hydrogens is 246 g/mol. The van der Waals surface area contributed by atoms with E-state index in [9.17, 15) is 5.26 Å².